The van der Waals surface area contributed by atoms with Gasteiger partial charge in [0.2, 0.25) is 0 Å². The molecular formula is C70H45N3O. The van der Waals surface area contributed by atoms with E-state index in [1.54, 1.807) is 0 Å². The first-order valence-electron chi connectivity index (χ1n) is 25.2. The van der Waals surface area contributed by atoms with Gasteiger partial charge < -0.3 is 4.42 Å². The lowest BCUT2D eigenvalue weighted by Gasteiger charge is -2.34. The van der Waals surface area contributed by atoms with Crippen LogP contribution in [0, 0.1) is 0 Å². The average molecular weight is 944 g/mol. The number of furan rings is 1. The van der Waals surface area contributed by atoms with Crippen LogP contribution in [0.25, 0.3) is 112 Å². The van der Waals surface area contributed by atoms with Crippen LogP contribution in [0.2, 0.25) is 0 Å². The van der Waals surface area contributed by atoms with E-state index in [0.717, 1.165) is 77.6 Å². The van der Waals surface area contributed by atoms with Gasteiger partial charge in [0.25, 0.3) is 0 Å². The highest BCUT2D eigenvalue weighted by atomic mass is 16.3. The minimum Gasteiger partial charge on any atom is -0.456 e. The quantitative estimate of drug-likeness (QED) is 0.145. The van der Waals surface area contributed by atoms with Crippen LogP contribution >= 0.6 is 0 Å². The number of hydrogen-bond acceptors (Lipinski definition) is 4. The topological polar surface area (TPSA) is 51.8 Å². The number of fused-ring (bicyclic) bond motifs is 6. The minimum atomic E-state index is -0.481. The van der Waals surface area contributed by atoms with Gasteiger partial charge in [-0.3, -0.25) is 0 Å². The van der Waals surface area contributed by atoms with Crippen molar-refractivity contribution in [2.24, 2.45) is 0 Å². The van der Waals surface area contributed by atoms with Gasteiger partial charge in [-0.1, -0.05) is 249 Å². The van der Waals surface area contributed by atoms with Gasteiger partial charge in [0.15, 0.2) is 17.5 Å². The van der Waals surface area contributed by atoms with Gasteiger partial charge in [-0.15, -0.1) is 0 Å². The van der Waals surface area contributed by atoms with E-state index in [1.165, 1.54) is 38.9 Å². The van der Waals surface area contributed by atoms with Crippen molar-refractivity contribution in [2.45, 2.75) is 5.41 Å². The molecular weight excluding hydrogens is 899 g/mol. The third-order valence-electron chi connectivity index (χ3n) is 14.9. The van der Waals surface area contributed by atoms with Gasteiger partial charge in [-0.25, -0.2) is 15.0 Å². The Balaban J connectivity index is 0.913. The summed E-state index contributed by atoms with van der Waals surface area (Å²) < 4.78 is 6.67. The molecule has 0 aliphatic heterocycles. The molecule has 1 aliphatic carbocycles. The fourth-order valence-electron chi connectivity index (χ4n) is 11.5. The van der Waals surface area contributed by atoms with E-state index in [2.05, 4.69) is 243 Å². The minimum absolute atomic E-state index is 0.481. The highest BCUT2D eigenvalue weighted by molar-refractivity contribution is 6.13. The molecule has 0 N–H and O–H groups in total. The summed E-state index contributed by atoms with van der Waals surface area (Å²) in [5.41, 5.74) is 20.3. The normalized spacial score (nSPS) is 12.4. The summed E-state index contributed by atoms with van der Waals surface area (Å²) in [7, 11) is 0. The Morgan fingerprint density at radius 1 is 0.270 bits per heavy atom. The first-order valence-corrected chi connectivity index (χ1v) is 25.2. The fraction of sp³-hybridized carbons (Fsp3) is 0.0143. The third-order valence-corrected chi connectivity index (χ3v) is 14.9. The Bertz CT molecular complexity index is 4180. The van der Waals surface area contributed by atoms with E-state index in [4.69, 9.17) is 19.4 Å². The summed E-state index contributed by atoms with van der Waals surface area (Å²) in [6.45, 7) is 0. The Hall–Kier alpha value is -9.77. The molecule has 0 unspecified atom stereocenters. The van der Waals surface area contributed by atoms with E-state index < -0.39 is 5.41 Å². The molecule has 0 amide bonds. The van der Waals surface area contributed by atoms with Crippen molar-refractivity contribution in [1.29, 1.82) is 0 Å². The lowest BCUT2D eigenvalue weighted by molar-refractivity contribution is 0.669. The Morgan fingerprint density at radius 3 is 1.47 bits per heavy atom. The molecule has 4 nitrogen and oxygen atoms in total. The number of nitrogens with zero attached hydrogens (tertiary/aromatic N) is 3. The van der Waals surface area contributed by atoms with Gasteiger partial charge in [0.1, 0.15) is 11.2 Å². The first kappa shape index (κ1) is 43.1. The Labute approximate surface area is 429 Å². The zero-order valence-electron chi connectivity index (χ0n) is 40.2. The molecule has 0 bridgehead atoms. The van der Waals surface area contributed by atoms with E-state index in [9.17, 15) is 0 Å². The summed E-state index contributed by atoms with van der Waals surface area (Å²) in [5, 5.41) is 1.94. The number of hydrogen-bond donors (Lipinski definition) is 0. The smallest absolute Gasteiger partial charge is 0.164 e. The van der Waals surface area contributed by atoms with E-state index >= 15 is 0 Å². The predicted octanol–water partition coefficient (Wildman–Crippen LogP) is 17.8. The predicted molar refractivity (Wildman–Crippen MR) is 302 cm³/mol. The summed E-state index contributed by atoms with van der Waals surface area (Å²) in [5.74, 6) is 1.76. The average Bonchev–Trinajstić information content (AvgIpc) is 4.10. The first-order chi connectivity index (χ1) is 36.7. The van der Waals surface area contributed by atoms with Crippen LogP contribution in [0.4, 0.5) is 0 Å². The Morgan fingerprint density at radius 2 is 0.743 bits per heavy atom. The van der Waals surface area contributed by atoms with Crippen LogP contribution in [-0.4, -0.2) is 15.0 Å². The van der Waals surface area contributed by atoms with E-state index in [1.807, 2.05) is 30.3 Å². The van der Waals surface area contributed by atoms with Crippen LogP contribution in [0.3, 0.4) is 0 Å². The summed E-state index contributed by atoms with van der Waals surface area (Å²) in [4.78, 5) is 15.9. The maximum Gasteiger partial charge on any atom is 0.164 e. The molecule has 2 aromatic heterocycles. The zero-order valence-corrected chi connectivity index (χ0v) is 40.2. The van der Waals surface area contributed by atoms with Crippen molar-refractivity contribution < 1.29 is 4.42 Å². The van der Waals surface area contributed by atoms with Gasteiger partial charge in [-0.05, 0) is 102 Å². The molecule has 2 heterocycles. The van der Waals surface area contributed by atoms with Crippen molar-refractivity contribution >= 4 is 21.9 Å². The third kappa shape index (κ3) is 7.10. The SMILES string of the molecule is c1ccc(-c2ccc(-c3nc(-c4ccccc4-c4ccccc4)nc(-c4cccc5oc6ccc(-c7cccc(-c8cccc9c8-c8ccccc8C9(c8ccccc8)c8ccccc8)c7)cc6c45)n3)cc2)cc1. The van der Waals surface area contributed by atoms with Gasteiger partial charge in [0, 0.05) is 27.5 Å². The van der Waals surface area contributed by atoms with Gasteiger partial charge >= 0.3 is 0 Å². The highest BCUT2D eigenvalue weighted by Crippen LogP contribution is 2.58. The van der Waals surface area contributed by atoms with Gasteiger partial charge in [-0.2, -0.15) is 0 Å². The molecule has 13 aromatic rings. The molecule has 0 radical (unpaired) electrons. The fourth-order valence-corrected chi connectivity index (χ4v) is 11.5. The second-order valence-corrected chi connectivity index (χ2v) is 19.0. The van der Waals surface area contributed by atoms with E-state index in [0.29, 0.717) is 17.5 Å². The standard InChI is InChI=1S/C70H45N3O/c1-5-20-46(21-6-1)47-38-40-49(41-39-47)67-71-68(57-31-14-13-30-55(57)48-22-7-2-8-23-48)73-69(72-67)59-34-19-37-64-66(59)60-45-51(42-43-63(60)74-64)50-24-17-25-52(44-50)56-33-18-36-62-65(56)58-32-15-16-35-61(58)70(62,53-26-9-3-10-27-53)54-28-11-4-12-29-54/h1-45H. The van der Waals surface area contributed by atoms with Crippen molar-refractivity contribution in [3.05, 3.63) is 295 Å². The maximum atomic E-state index is 6.67. The van der Waals surface area contributed by atoms with Crippen LogP contribution < -0.4 is 0 Å². The molecule has 1 aliphatic rings. The van der Waals surface area contributed by atoms with Crippen molar-refractivity contribution in [2.75, 3.05) is 0 Å². The largest absolute Gasteiger partial charge is 0.456 e. The zero-order chi connectivity index (χ0) is 49.0. The monoisotopic (exact) mass is 943 g/mol. The van der Waals surface area contributed by atoms with E-state index in [-0.39, 0.29) is 0 Å². The highest BCUT2D eigenvalue weighted by Gasteiger charge is 2.46. The molecule has 74 heavy (non-hydrogen) atoms. The molecule has 0 atom stereocenters. The van der Waals surface area contributed by atoms with Crippen molar-refractivity contribution in [3.8, 4) is 89.8 Å². The summed E-state index contributed by atoms with van der Waals surface area (Å²) >= 11 is 0. The van der Waals surface area contributed by atoms with Crippen molar-refractivity contribution in [1.82, 2.24) is 15.0 Å². The van der Waals surface area contributed by atoms with Crippen LogP contribution in [0.1, 0.15) is 22.3 Å². The second-order valence-electron chi connectivity index (χ2n) is 19.0. The second kappa shape index (κ2) is 17.8. The molecule has 0 saturated heterocycles. The lowest BCUT2D eigenvalue weighted by Crippen LogP contribution is -2.28. The summed E-state index contributed by atoms with van der Waals surface area (Å²) in [6.07, 6.45) is 0. The molecule has 14 rings (SSSR count). The maximum absolute atomic E-state index is 6.67. The van der Waals surface area contributed by atoms with Crippen LogP contribution in [0.5, 0.6) is 0 Å². The number of aromatic nitrogens is 3. The number of rotatable bonds is 9. The lowest BCUT2D eigenvalue weighted by atomic mass is 9.67. The van der Waals surface area contributed by atoms with Gasteiger partial charge in [0.05, 0.1) is 5.41 Å². The Kier molecular flexibility index (Phi) is 10.4. The van der Waals surface area contributed by atoms with Crippen molar-refractivity contribution in [3.63, 3.8) is 0 Å². The van der Waals surface area contributed by atoms with Crippen LogP contribution in [-0.2, 0) is 5.41 Å². The molecule has 0 saturated carbocycles. The van der Waals surface area contributed by atoms with Crippen LogP contribution in [0.15, 0.2) is 277 Å². The summed E-state index contributed by atoms with van der Waals surface area (Å²) in [6, 6.07) is 97.2. The molecule has 0 spiro atoms. The molecule has 4 heteroatoms. The molecule has 11 aromatic carbocycles. The molecule has 0 fully saturated rings. The molecule has 346 valence electrons. The number of benzene rings is 11.